The molecule has 1 aromatic heterocycles. The first kappa shape index (κ1) is 20.8. The Hall–Kier alpha value is -1.76. The molecule has 3 atom stereocenters. The number of ether oxygens (including phenoxy) is 1. The van der Waals surface area contributed by atoms with Crippen molar-refractivity contribution in [2.45, 2.75) is 56.7 Å². The fourth-order valence-corrected chi connectivity index (χ4v) is 6.17. The molecule has 6 rings (SSSR count). The summed E-state index contributed by atoms with van der Waals surface area (Å²) in [6.07, 6.45) is 6.13. The molecule has 2 saturated carbocycles. The topological polar surface area (TPSA) is 54.5 Å². The van der Waals surface area contributed by atoms with Crippen LogP contribution in [0.4, 0.5) is 10.2 Å². The molecule has 4 fully saturated rings. The summed E-state index contributed by atoms with van der Waals surface area (Å²) in [5.41, 5.74) is 0.948. The van der Waals surface area contributed by atoms with Gasteiger partial charge in [0.1, 0.15) is 12.0 Å². The van der Waals surface area contributed by atoms with Gasteiger partial charge in [0.05, 0.1) is 18.8 Å². The molecule has 7 heteroatoms. The summed E-state index contributed by atoms with van der Waals surface area (Å²) >= 11 is 6.67. The van der Waals surface area contributed by atoms with E-state index in [1.54, 1.807) is 6.20 Å². The van der Waals surface area contributed by atoms with E-state index in [9.17, 15) is 9.18 Å². The minimum absolute atomic E-state index is 0.103. The second-order valence-corrected chi connectivity index (χ2v) is 10.9. The third-order valence-corrected chi connectivity index (χ3v) is 8.80. The van der Waals surface area contributed by atoms with Crippen molar-refractivity contribution in [1.82, 2.24) is 9.88 Å². The molecule has 0 bridgehead atoms. The maximum atomic E-state index is 14.4. The van der Waals surface area contributed by atoms with E-state index in [1.807, 2.05) is 19.1 Å². The van der Waals surface area contributed by atoms with E-state index in [0.29, 0.717) is 23.8 Å². The molecule has 2 aliphatic carbocycles. The maximum absolute atomic E-state index is 14.4. The molecule has 3 heterocycles. The van der Waals surface area contributed by atoms with Gasteiger partial charge in [-0.25, -0.2) is 9.37 Å². The summed E-state index contributed by atoms with van der Waals surface area (Å²) < 4.78 is 19.8. The van der Waals surface area contributed by atoms with Crippen LogP contribution in [0.2, 0.25) is 5.02 Å². The fraction of sp³-hybridized carbons (Fsp3) is 0.600. The highest BCUT2D eigenvalue weighted by atomic mass is 35.5. The second kappa shape index (κ2) is 7.37. The summed E-state index contributed by atoms with van der Waals surface area (Å²) in [5.74, 6) is 1.21. The molecule has 2 aliphatic heterocycles. The molecule has 0 unspecified atom stereocenters. The van der Waals surface area contributed by atoms with Crippen LogP contribution in [0.15, 0.2) is 24.4 Å². The summed E-state index contributed by atoms with van der Waals surface area (Å²) in [4.78, 5) is 19.2. The van der Waals surface area contributed by atoms with Gasteiger partial charge in [-0.2, -0.15) is 0 Å². The van der Waals surface area contributed by atoms with E-state index in [2.05, 4.69) is 21.3 Å². The Morgan fingerprint density at radius 2 is 2.03 bits per heavy atom. The molecule has 170 valence electrons. The van der Waals surface area contributed by atoms with E-state index in [-0.39, 0.29) is 18.4 Å². The first-order valence-corrected chi connectivity index (χ1v) is 12.1. The van der Waals surface area contributed by atoms with Crippen molar-refractivity contribution >= 4 is 34.1 Å². The first-order valence-electron chi connectivity index (χ1n) is 11.7. The number of hydrogen-bond acceptors (Lipinski definition) is 4. The Bertz CT molecular complexity index is 1080. The Balaban J connectivity index is 1.18. The number of benzene rings is 1. The Morgan fingerprint density at radius 3 is 2.69 bits per heavy atom. The average molecular weight is 458 g/mol. The zero-order valence-corrected chi connectivity index (χ0v) is 19.1. The van der Waals surface area contributed by atoms with Crippen LogP contribution in [0.1, 0.15) is 50.5 Å². The highest BCUT2D eigenvalue weighted by Gasteiger charge is 2.65. The Morgan fingerprint density at radius 1 is 1.25 bits per heavy atom. The molecular weight excluding hydrogens is 429 g/mol. The lowest BCUT2D eigenvalue weighted by molar-refractivity contribution is -0.117. The normalized spacial score (nSPS) is 31.8. The average Bonchev–Trinajstić information content (AvgIpc) is 3.70. The number of carbonyl (C=O) groups is 1. The first-order chi connectivity index (χ1) is 15.4. The zero-order chi connectivity index (χ0) is 22.1. The minimum atomic E-state index is -0.935. The molecule has 5 nitrogen and oxygen atoms in total. The number of likely N-dealkylation sites (tertiary alicyclic amines) is 1. The van der Waals surface area contributed by atoms with Crippen molar-refractivity contribution in [2.75, 3.05) is 31.6 Å². The standard InChI is InChI=1S/C25H29ClFN3O2/c1-24(14-32-13-21(24)27)30-6-2-15(3-7-30)18-8-16-10-22(28-12-17(16)9-20(18)26)29-23(31)19-11-25(19)4-5-25/h8-10,12,15,19,21H,2-7,11,13-14H2,1H3,(H,28,29,31)/t19-,21+,24-/m1/s1. The number of anilines is 1. The lowest BCUT2D eigenvalue weighted by Gasteiger charge is -2.43. The predicted octanol–water partition coefficient (Wildman–Crippen LogP) is 4.93. The van der Waals surface area contributed by atoms with Crippen LogP contribution in [-0.4, -0.2) is 53.8 Å². The molecule has 4 aliphatic rings. The van der Waals surface area contributed by atoms with Gasteiger partial charge in [-0.15, -0.1) is 0 Å². The highest BCUT2D eigenvalue weighted by Crippen LogP contribution is 2.70. The van der Waals surface area contributed by atoms with Crippen LogP contribution >= 0.6 is 11.6 Å². The number of alkyl halides is 1. The van der Waals surface area contributed by atoms with Crippen LogP contribution in [0.3, 0.4) is 0 Å². The fourth-order valence-electron chi connectivity index (χ4n) is 5.84. The number of pyridine rings is 1. The van der Waals surface area contributed by atoms with Gasteiger partial charge in [0.15, 0.2) is 0 Å². The van der Waals surface area contributed by atoms with Gasteiger partial charge in [-0.1, -0.05) is 11.6 Å². The van der Waals surface area contributed by atoms with Crippen molar-refractivity contribution in [3.05, 3.63) is 35.0 Å². The van der Waals surface area contributed by atoms with Crippen molar-refractivity contribution < 1.29 is 13.9 Å². The van der Waals surface area contributed by atoms with Crippen LogP contribution in [0.5, 0.6) is 0 Å². The van der Waals surface area contributed by atoms with Crippen molar-refractivity contribution in [1.29, 1.82) is 0 Å². The quantitative estimate of drug-likeness (QED) is 0.707. The molecule has 1 amide bonds. The van der Waals surface area contributed by atoms with E-state index in [0.717, 1.165) is 53.7 Å². The van der Waals surface area contributed by atoms with E-state index in [1.165, 1.54) is 12.8 Å². The SMILES string of the molecule is C[C@@]1(N2CCC(c3cc4cc(NC(=O)[C@H]5CC56CC6)ncc4cc3Cl)CC2)COC[C@@H]1F. The smallest absolute Gasteiger partial charge is 0.229 e. The van der Waals surface area contributed by atoms with Crippen LogP contribution in [-0.2, 0) is 9.53 Å². The van der Waals surface area contributed by atoms with Crippen molar-refractivity contribution in [3.8, 4) is 0 Å². The molecule has 32 heavy (non-hydrogen) atoms. The minimum Gasteiger partial charge on any atom is -0.376 e. The molecule has 0 radical (unpaired) electrons. The van der Waals surface area contributed by atoms with Crippen LogP contribution in [0, 0.1) is 11.3 Å². The maximum Gasteiger partial charge on any atom is 0.229 e. The Kier molecular flexibility index (Phi) is 4.80. The molecule has 2 saturated heterocycles. The molecule has 1 spiro atoms. The van der Waals surface area contributed by atoms with Crippen molar-refractivity contribution in [2.24, 2.45) is 11.3 Å². The largest absolute Gasteiger partial charge is 0.376 e. The van der Waals surface area contributed by atoms with Gasteiger partial charge in [0, 0.05) is 22.5 Å². The number of hydrogen-bond donors (Lipinski definition) is 1. The number of piperidine rings is 1. The summed E-state index contributed by atoms with van der Waals surface area (Å²) in [6.45, 7) is 4.30. The number of nitrogens with zero attached hydrogens (tertiary/aromatic N) is 2. The molecular formula is C25H29ClFN3O2. The van der Waals surface area contributed by atoms with Gasteiger partial charge in [-0.3, -0.25) is 9.69 Å². The Labute approximate surface area is 192 Å². The number of carbonyl (C=O) groups excluding carboxylic acids is 1. The van der Waals surface area contributed by atoms with Crippen LogP contribution < -0.4 is 5.32 Å². The van der Waals surface area contributed by atoms with Crippen LogP contribution in [0.25, 0.3) is 10.8 Å². The summed E-state index contributed by atoms with van der Waals surface area (Å²) in [5, 5.41) is 5.77. The summed E-state index contributed by atoms with van der Waals surface area (Å²) in [6, 6.07) is 6.07. The number of fused-ring (bicyclic) bond motifs is 1. The number of nitrogens with one attached hydrogen (secondary N) is 1. The number of amides is 1. The zero-order valence-electron chi connectivity index (χ0n) is 18.4. The lowest BCUT2D eigenvalue weighted by atomic mass is 9.85. The second-order valence-electron chi connectivity index (χ2n) is 10.5. The number of aromatic nitrogens is 1. The van der Waals surface area contributed by atoms with Crippen molar-refractivity contribution in [3.63, 3.8) is 0 Å². The monoisotopic (exact) mass is 457 g/mol. The van der Waals surface area contributed by atoms with E-state index < -0.39 is 11.7 Å². The third-order valence-electron chi connectivity index (χ3n) is 8.48. The van der Waals surface area contributed by atoms with E-state index >= 15 is 0 Å². The van der Waals surface area contributed by atoms with Gasteiger partial charge in [0.2, 0.25) is 5.91 Å². The molecule has 1 N–H and O–H groups in total. The summed E-state index contributed by atoms with van der Waals surface area (Å²) in [7, 11) is 0. The van der Waals surface area contributed by atoms with Gasteiger partial charge in [-0.05, 0) is 92.6 Å². The molecule has 2 aromatic rings. The van der Waals surface area contributed by atoms with Gasteiger partial charge < -0.3 is 10.1 Å². The number of rotatable bonds is 4. The van der Waals surface area contributed by atoms with E-state index in [4.69, 9.17) is 16.3 Å². The highest BCUT2D eigenvalue weighted by molar-refractivity contribution is 6.32. The third kappa shape index (κ3) is 3.42. The number of halogens is 2. The van der Waals surface area contributed by atoms with Gasteiger partial charge >= 0.3 is 0 Å². The lowest BCUT2D eigenvalue weighted by Crippen LogP contribution is -2.55. The predicted molar refractivity (Wildman–Crippen MR) is 123 cm³/mol. The van der Waals surface area contributed by atoms with Gasteiger partial charge in [0.25, 0.3) is 0 Å². The molecule has 1 aromatic carbocycles.